The van der Waals surface area contributed by atoms with Crippen LogP contribution in [-0.2, 0) is 28.6 Å². The number of primary amides is 1. The highest BCUT2D eigenvalue weighted by Crippen LogP contribution is 2.29. The number of nitrogens with one attached hydrogen (secondary N) is 1. The molecule has 3 N–H and O–H groups in total. The summed E-state index contributed by atoms with van der Waals surface area (Å²) in [5.74, 6) is -1.86. The molecule has 4 nitrogen and oxygen atoms in total. The lowest BCUT2D eigenvalue weighted by Gasteiger charge is -2.16. The lowest BCUT2D eigenvalue weighted by Crippen LogP contribution is -2.46. The van der Waals surface area contributed by atoms with Crippen molar-refractivity contribution in [2.45, 2.75) is 25.1 Å². The Labute approximate surface area is 147 Å². The molecule has 0 aliphatic rings. The van der Waals surface area contributed by atoms with Crippen molar-refractivity contribution in [3.63, 3.8) is 0 Å². The number of carbonyl (C=O) groups is 2. The van der Waals surface area contributed by atoms with E-state index in [9.17, 15) is 27.2 Å². The van der Waals surface area contributed by atoms with E-state index in [0.29, 0.717) is 5.56 Å². The summed E-state index contributed by atoms with van der Waals surface area (Å²) >= 11 is 0. The van der Waals surface area contributed by atoms with Crippen molar-refractivity contribution in [2.75, 3.05) is 0 Å². The monoisotopic (exact) mass is 368 g/mol. The Balaban J connectivity index is 2.06. The van der Waals surface area contributed by atoms with Gasteiger partial charge >= 0.3 is 6.18 Å². The number of carbonyl (C=O) groups excluding carboxylic acids is 2. The van der Waals surface area contributed by atoms with E-state index in [4.69, 9.17) is 5.73 Å². The number of halogens is 4. The maximum Gasteiger partial charge on any atom is 0.416 e. The largest absolute Gasteiger partial charge is 0.416 e. The molecule has 2 aromatic rings. The average Bonchev–Trinajstić information content (AvgIpc) is 2.56. The Bertz CT molecular complexity index is 789. The molecule has 138 valence electrons. The van der Waals surface area contributed by atoms with Crippen LogP contribution in [0.4, 0.5) is 17.6 Å². The fourth-order valence-electron chi connectivity index (χ4n) is 2.37. The molecule has 0 saturated heterocycles. The van der Waals surface area contributed by atoms with Gasteiger partial charge in [0.1, 0.15) is 11.9 Å². The Morgan fingerprint density at radius 3 is 2.27 bits per heavy atom. The van der Waals surface area contributed by atoms with Gasteiger partial charge in [0, 0.05) is 6.42 Å². The van der Waals surface area contributed by atoms with Crippen molar-refractivity contribution in [3.8, 4) is 0 Å². The van der Waals surface area contributed by atoms with Crippen LogP contribution >= 0.6 is 0 Å². The Kier molecular flexibility index (Phi) is 5.97. The summed E-state index contributed by atoms with van der Waals surface area (Å²) in [6, 6.07) is 8.51. The van der Waals surface area contributed by atoms with Crippen LogP contribution in [0, 0.1) is 5.82 Å². The van der Waals surface area contributed by atoms with Crippen LogP contribution in [-0.4, -0.2) is 17.9 Å². The molecule has 0 aliphatic carbocycles. The lowest BCUT2D eigenvalue weighted by molar-refractivity contribution is -0.137. The van der Waals surface area contributed by atoms with E-state index in [1.165, 1.54) is 36.4 Å². The van der Waals surface area contributed by atoms with Gasteiger partial charge in [-0.15, -0.1) is 0 Å². The van der Waals surface area contributed by atoms with Gasteiger partial charge in [0.25, 0.3) is 0 Å². The SMILES string of the molecule is NC(=O)[C@@H](Cc1cccc(C(F)(F)F)c1)NC(=O)Cc1ccc(F)cc1. The molecular weight excluding hydrogens is 352 g/mol. The molecule has 1 atom stereocenters. The molecule has 0 aliphatic heterocycles. The molecule has 2 rings (SSSR count). The third kappa shape index (κ3) is 5.58. The Morgan fingerprint density at radius 1 is 1.04 bits per heavy atom. The first-order valence-corrected chi connectivity index (χ1v) is 7.64. The molecule has 0 bridgehead atoms. The van der Waals surface area contributed by atoms with Gasteiger partial charge in [0.2, 0.25) is 11.8 Å². The van der Waals surface area contributed by atoms with E-state index in [1.807, 2.05) is 0 Å². The topological polar surface area (TPSA) is 72.2 Å². The summed E-state index contributed by atoms with van der Waals surface area (Å²) in [5, 5.41) is 2.40. The molecular formula is C18H16F4N2O2. The fourth-order valence-corrected chi connectivity index (χ4v) is 2.37. The van der Waals surface area contributed by atoms with Crippen LogP contribution in [0.5, 0.6) is 0 Å². The maximum absolute atomic E-state index is 12.9. The Hall–Kier alpha value is -2.90. The molecule has 0 aromatic heterocycles. The molecule has 2 aromatic carbocycles. The highest BCUT2D eigenvalue weighted by molar-refractivity contribution is 5.87. The first kappa shape index (κ1) is 19.4. The second kappa shape index (κ2) is 7.99. The molecule has 0 heterocycles. The second-order valence-electron chi connectivity index (χ2n) is 5.73. The predicted octanol–water partition coefficient (Wildman–Crippen LogP) is 2.60. The van der Waals surface area contributed by atoms with Gasteiger partial charge in [-0.05, 0) is 29.3 Å². The highest BCUT2D eigenvalue weighted by atomic mass is 19.4. The van der Waals surface area contributed by atoms with Gasteiger partial charge in [-0.25, -0.2) is 4.39 Å². The summed E-state index contributed by atoms with van der Waals surface area (Å²) in [7, 11) is 0. The van der Waals surface area contributed by atoms with E-state index in [1.54, 1.807) is 0 Å². The minimum atomic E-state index is -4.51. The van der Waals surface area contributed by atoms with Crippen LogP contribution in [0.25, 0.3) is 0 Å². The zero-order valence-corrected chi connectivity index (χ0v) is 13.5. The van der Waals surface area contributed by atoms with Crippen LogP contribution in [0.3, 0.4) is 0 Å². The number of hydrogen-bond acceptors (Lipinski definition) is 2. The zero-order chi connectivity index (χ0) is 19.3. The van der Waals surface area contributed by atoms with Crippen molar-refractivity contribution in [2.24, 2.45) is 5.73 Å². The second-order valence-corrected chi connectivity index (χ2v) is 5.73. The van der Waals surface area contributed by atoms with Crippen molar-refractivity contribution in [1.29, 1.82) is 0 Å². The van der Waals surface area contributed by atoms with Gasteiger partial charge < -0.3 is 11.1 Å². The van der Waals surface area contributed by atoms with E-state index in [0.717, 1.165) is 12.1 Å². The third-order valence-electron chi connectivity index (χ3n) is 3.65. The van der Waals surface area contributed by atoms with Crippen LogP contribution in [0.1, 0.15) is 16.7 Å². The van der Waals surface area contributed by atoms with Crippen LogP contribution < -0.4 is 11.1 Å². The number of alkyl halides is 3. The summed E-state index contributed by atoms with van der Waals surface area (Å²) in [4.78, 5) is 23.6. The zero-order valence-electron chi connectivity index (χ0n) is 13.5. The minimum Gasteiger partial charge on any atom is -0.368 e. The van der Waals surface area contributed by atoms with Crippen LogP contribution in [0.15, 0.2) is 48.5 Å². The molecule has 0 radical (unpaired) electrons. The van der Waals surface area contributed by atoms with E-state index in [2.05, 4.69) is 5.32 Å². The number of amides is 2. The standard InChI is InChI=1S/C18H16F4N2O2/c19-14-6-4-11(5-7-14)10-16(25)24-15(17(23)26)9-12-2-1-3-13(8-12)18(20,21)22/h1-8,15H,9-10H2,(H2,23,26)(H,24,25)/t15-/m1/s1. The van der Waals surface area contributed by atoms with E-state index < -0.39 is 35.4 Å². The van der Waals surface area contributed by atoms with Crippen molar-refractivity contribution >= 4 is 11.8 Å². The molecule has 0 saturated carbocycles. The van der Waals surface area contributed by atoms with Crippen molar-refractivity contribution in [1.82, 2.24) is 5.32 Å². The van der Waals surface area contributed by atoms with Crippen molar-refractivity contribution in [3.05, 3.63) is 71.0 Å². The molecule has 2 amide bonds. The summed E-state index contributed by atoms with van der Waals surface area (Å²) in [6.45, 7) is 0. The summed E-state index contributed by atoms with van der Waals surface area (Å²) in [5.41, 5.74) is 5.13. The predicted molar refractivity (Wildman–Crippen MR) is 86.4 cm³/mol. The number of benzene rings is 2. The lowest BCUT2D eigenvalue weighted by atomic mass is 10.0. The number of hydrogen-bond donors (Lipinski definition) is 2. The quantitative estimate of drug-likeness (QED) is 0.770. The Morgan fingerprint density at radius 2 is 1.69 bits per heavy atom. The van der Waals surface area contributed by atoms with Gasteiger partial charge in [-0.3, -0.25) is 9.59 Å². The third-order valence-corrected chi connectivity index (χ3v) is 3.65. The minimum absolute atomic E-state index is 0.118. The van der Waals surface area contributed by atoms with Crippen LogP contribution in [0.2, 0.25) is 0 Å². The van der Waals surface area contributed by atoms with Gasteiger partial charge in [0.05, 0.1) is 12.0 Å². The molecule has 26 heavy (non-hydrogen) atoms. The van der Waals surface area contributed by atoms with Gasteiger partial charge in [0.15, 0.2) is 0 Å². The average molecular weight is 368 g/mol. The van der Waals surface area contributed by atoms with Crippen molar-refractivity contribution < 1.29 is 27.2 Å². The normalized spacial score (nSPS) is 12.5. The fraction of sp³-hybridized carbons (Fsp3) is 0.222. The number of rotatable bonds is 6. The molecule has 8 heteroatoms. The smallest absolute Gasteiger partial charge is 0.368 e. The first-order valence-electron chi connectivity index (χ1n) is 7.64. The molecule has 0 spiro atoms. The van der Waals surface area contributed by atoms with E-state index in [-0.39, 0.29) is 18.4 Å². The summed E-state index contributed by atoms with van der Waals surface area (Å²) < 4.78 is 51.1. The molecule has 0 fully saturated rings. The van der Waals surface area contributed by atoms with Gasteiger partial charge in [-0.1, -0.05) is 30.3 Å². The van der Waals surface area contributed by atoms with Gasteiger partial charge in [-0.2, -0.15) is 13.2 Å². The number of nitrogens with two attached hydrogens (primary N) is 1. The first-order chi connectivity index (χ1) is 12.1. The van der Waals surface area contributed by atoms with E-state index >= 15 is 0 Å². The maximum atomic E-state index is 12.9. The summed E-state index contributed by atoms with van der Waals surface area (Å²) in [6.07, 6.45) is -4.80. The molecule has 0 unspecified atom stereocenters. The highest BCUT2D eigenvalue weighted by Gasteiger charge is 2.30.